The van der Waals surface area contributed by atoms with E-state index in [1.807, 2.05) is 19.1 Å². The zero-order valence-electron chi connectivity index (χ0n) is 11.2. The van der Waals surface area contributed by atoms with Gasteiger partial charge in [0.1, 0.15) is 5.82 Å². The van der Waals surface area contributed by atoms with Crippen molar-refractivity contribution in [3.8, 4) is 0 Å². The van der Waals surface area contributed by atoms with Crippen LogP contribution in [0.1, 0.15) is 30.5 Å². The number of aromatic nitrogens is 2. The highest BCUT2D eigenvalue weighted by Gasteiger charge is 2.05. The molecule has 0 radical (unpaired) electrons. The van der Waals surface area contributed by atoms with E-state index in [0.29, 0.717) is 11.2 Å². The van der Waals surface area contributed by atoms with E-state index in [-0.39, 0.29) is 0 Å². The molecule has 4 heteroatoms. The summed E-state index contributed by atoms with van der Waals surface area (Å²) in [7, 11) is 0. The summed E-state index contributed by atoms with van der Waals surface area (Å²) in [4.78, 5) is 8.19. The first-order valence-electron chi connectivity index (χ1n) is 6.45. The molecule has 3 nitrogen and oxygen atoms in total. The molecule has 0 spiro atoms. The summed E-state index contributed by atoms with van der Waals surface area (Å²) in [6.45, 7) is 5.00. The van der Waals surface area contributed by atoms with Crippen molar-refractivity contribution >= 4 is 17.4 Å². The second kappa shape index (κ2) is 6.53. The summed E-state index contributed by atoms with van der Waals surface area (Å²) in [5.41, 5.74) is 2.24. The van der Waals surface area contributed by atoms with E-state index in [0.717, 1.165) is 24.5 Å². The monoisotopic (exact) mass is 275 g/mol. The van der Waals surface area contributed by atoms with Crippen molar-refractivity contribution in [2.24, 2.45) is 0 Å². The van der Waals surface area contributed by atoms with Gasteiger partial charge in [0.2, 0.25) is 5.28 Å². The summed E-state index contributed by atoms with van der Waals surface area (Å²) in [6.07, 6.45) is 1.05. The van der Waals surface area contributed by atoms with Crippen LogP contribution in [0.2, 0.25) is 5.28 Å². The molecule has 19 heavy (non-hydrogen) atoms. The number of benzene rings is 1. The first-order chi connectivity index (χ1) is 9.15. The summed E-state index contributed by atoms with van der Waals surface area (Å²) < 4.78 is 0. The molecule has 0 saturated heterocycles. The fourth-order valence-corrected chi connectivity index (χ4v) is 2.21. The van der Waals surface area contributed by atoms with Gasteiger partial charge in [-0.25, -0.2) is 9.97 Å². The SMILES string of the molecule is Cc1cc(NCCC(C)c2ccccc2)nc(Cl)n1. The number of anilines is 1. The van der Waals surface area contributed by atoms with Crippen molar-refractivity contribution in [1.29, 1.82) is 0 Å². The number of aryl methyl sites for hydroxylation is 1. The van der Waals surface area contributed by atoms with Crippen LogP contribution >= 0.6 is 11.6 Å². The first-order valence-corrected chi connectivity index (χ1v) is 6.83. The molecule has 0 fully saturated rings. The van der Waals surface area contributed by atoms with E-state index in [1.165, 1.54) is 5.56 Å². The van der Waals surface area contributed by atoms with Crippen LogP contribution in [0.5, 0.6) is 0 Å². The molecule has 1 aromatic carbocycles. The Morgan fingerprint density at radius 3 is 2.63 bits per heavy atom. The van der Waals surface area contributed by atoms with Gasteiger partial charge in [0.05, 0.1) is 0 Å². The number of nitrogens with one attached hydrogen (secondary N) is 1. The molecule has 0 saturated carbocycles. The number of nitrogens with zero attached hydrogens (tertiary/aromatic N) is 2. The Balaban J connectivity index is 1.86. The quantitative estimate of drug-likeness (QED) is 0.837. The topological polar surface area (TPSA) is 37.8 Å². The van der Waals surface area contributed by atoms with E-state index >= 15 is 0 Å². The Bertz CT molecular complexity index is 508. The molecule has 0 amide bonds. The Labute approximate surface area is 119 Å². The maximum atomic E-state index is 5.83. The predicted octanol–water partition coefficient (Wildman–Crippen LogP) is 4.04. The molecule has 0 bridgehead atoms. The van der Waals surface area contributed by atoms with Gasteiger partial charge in [-0.1, -0.05) is 37.3 Å². The van der Waals surface area contributed by atoms with Crippen LogP contribution in [0.15, 0.2) is 36.4 Å². The number of halogens is 1. The predicted molar refractivity (Wildman–Crippen MR) is 79.7 cm³/mol. The van der Waals surface area contributed by atoms with Gasteiger partial charge in [0.15, 0.2) is 0 Å². The molecule has 0 aliphatic rings. The van der Waals surface area contributed by atoms with Crippen molar-refractivity contribution in [2.75, 3.05) is 11.9 Å². The van der Waals surface area contributed by atoms with Crippen molar-refractivity contribution in [1.82, 2.24) is 9.97 Å². The van der Waals surface area contributed by atoms with Crippen LogP contribution in [0.25, 0.3) is 0 Å². The molecule has 0 aliphatic carbocycles. The summed E-state index contributed by atoms with van der Waals surface area (Å²) in [5, 5.41) is 3.58. The third kappa shape index (κ3) is 4.21. The number of hydrogen-bond donors (Lipinski definition) is 1. The highest BCUT2D eigenvalue weighted by atomic mass is 35.5. The lowest BCUT2D eigenvalue weighted by atomic mass is 9.98. The van der Waals surface area contributed by atoms with Crippen molar-refractivity contribution < 1.29 is 0 Å². The number of rotatable bonds is 5. The Hall–Kier alpha value is -1.61. The normalized spacial score (nSPS) is 12.2. The molecular weight excluding hydrogens is 258 g/mol. The fourth-order valence-electron chi connectivity index (χ4n) is 1.99. The highest BCUT2D eigenvalue weighted by Crippen LogP contribution is 2.18. The van der Waals surface area contributed by atoms with E-state index in [1.54, 1.807) is 0 Å². The Kier molecular flexibility index (Phi) is 4.74. The lowest BCUT2D eigenvalue weighted by Gasteiger charge is -2.12. The highest BCUT2D eigenvalue weighted by molar-refractivity contribution is 6.28. The minimum absolute atomic E-state index is 0.290. The van der Waals surface area contributed by atoms with Crippen LogP contribution < -0.4 is 5.32 Å². The van der Waals surface area contributed by atoms with Crippen LogP contribution in [0.3, 0.4) is 0 Å². The lowest BCUT2D eigenvalue weighted by Crippen LogP contribution is -2.07. The third-order valence-corrected chi connectivity index (χ3v) is 3.25. The molecule has 2 rings (SSSR count). The van der Waals surface area contributed by atoms with Crippen molar-refractivity contribution in [3.05, 3.63) is 52.9 Å². The Morgan fingerprint density at radius 1 is 1.21 bits per heavy atom. The van der Waals surface area contributed by atoms with Crippen molar-refractivity contribution in [3.63, 3.8) is 0 Å². The molecule has 1 heterocycles. The van der Waals surface area contributed by atoms with Gasteiger partial charge >= 0.3 is 0 Å². The minimum Gasteiger partial charge on any atom is -0.370 e. The van der Waals surface area contributed by atoms with Gasteiger partial charge in [0.25, 0.3) is 0 Å². The standard InChI is InChI=1S/C15H18ClN3/c1-11(13-6-4-3-5-7-13)8-9-17-14-10-12(2)18-15(16)19-14/h3-7,10-11H,8-9H2,1-2H3,(H,17,18,19). The maximum absolute atomic E-state index is 5.83. The second-order valence-electron chi connectivity index (χ2n) is 4.69. The van der Waals surface area contributed by atoms with Gasteiger partial charge in [-0.05, 0) is 36.4 Å². The molecule has 0 aliphatic heterocycles. The molecule has 1 atom stereocenters. The average Bonchev–Trinajstić information content (AvgIpc) is 2.38. The lowest BCUT2D eigenvalue weighted by molar-refractivity contribution is 0.704. The van der Waals surface area contributed by atoms with Crippen LogP contribution in [0.4, 0.5) is 5.82 Å². The molecule has 100 valence electrons. The van der Waals surface area contributed by atoms with Gasteiger partial charge in [-0.15, -0.1) is 0 Å². The van der Waals surface area contributed by atoms with Crippen LogP contribution in [-0.4, -0.2) is 16.5 Å². The molecule has 1 N–H and O–H groups in total. The van der Waals surface area contributed by atoms with Gasteiger partial charge in [0, 0.05) is 18.3 Å². The van der Waals surface area contributed by atoms with Crippen LogP contribution in [0, 0.1) is 6.92 Å². The number of hydrogen-bond acceptors (Lipinski definition) is 3. The third-order valence-electron chi connectivity index (χ3n) is 3.08. The zero-order valence-corrected chi connectivity index (χ0v) is 12.0. The molecule has 1 unspecified atom stereocenters. The minimum atomic E-state index is 0.290. The summed E-state index contributed by atoms with van der Waals surface area (Å²) >= 11 is 5.83. The van der Waals surface area contributed by atoms with E-state index < -0.39 is 0 Å². The summed E-state index contributed by atoms with van der Waals surface area (Å²) in [6, 6.07) is 12.4. The van der Waals surface area contributed by atoms with Gasteiger partial charge in [-0.3, -0.25) is 0 Å². The molecule has 1 aromatic heterocycles. The summed E-state index contributed by atoms with van der Waals surface area (Å²) in [5.74, 6) is 1.31. The smallest absolute Gasteiger partial charge is 0.224 e. The zero-order chi connectivity index (χ0) is 13.7. The van der Waals surface area contributed by atoms with E-state index in [9.17, 15) is 0 Å². The average molecular weight is 276 g/mol. The first kappa shape index (κ1) is 13.8. The van der Waals surface area contributed by atoms with E-state index in [4.69, 9.17) is 11.6 Å². The Morgan fingerprint density at radius 2 is 1.95 bits per heavy atom. The largest absolute Gasteiger partial charge is 0.370 e. The molecular formula is C15H18ClN3. The maximum Gasteiger partial charge on any atom is 0.224 e. The van der Waals surface area contributed by atoms with E-state index in [2.05, 4.69) is 46.5 Å². The fraction of sp³-hybridized carbons (Fsp3) is 0.333. The second-order valence-corrected chi connectivity index (χ2v) is 5.03. The van der Waals surface area contributed by atoms with Gasteiger partial charge in [-0.2, -0.15) is 0 Å². The van der Waals surface area contributed by atoms with Crippen LogP contribution in [-0.2, 0) is 0 Å². The van der Waals surface area contributed by atoms with Gasteiger partial charge < -0.3 is 5.32 Å². The molecule has 2 aromatic rings. The van der Waals surface area contributed by atoms with Crippen molar-refractivity contribution in [2.45, 2.75) is 26.2 Å².